The van der Waals surface area contributed by atoms with Crippen LogP contribution in [0.4, 0.5) is 0 Å². The van der Waals surface area contributed by atoms with E-state index in [9.17, 15) is 9.90 Å². The van der Waals surface area contributed by atoms with Crippen LogP contribution in [-0.4, -0.2) is 22.8 Å². The molecule has 1 heterocycles. The fraction of sp³-hybridized carbons (Fsp3) is 0.0606. The number of fused-ring (bicyclic) bond motifs is 3. The second-order valence-electron chi connectivity index (χ2n) is 9.24. The van der Waals surface area contributed by atoms with Crippen molar-refractivity contribution in [3.8, 4) is 28.0 Å². The summed E-state index contributed by atoms with van der Waals surface area (Å²) in [5, 5.41) is 13.3. The van der Waals surface area contributed by atoms with Gasteiger partial charge in [-0.1, -0.05) is 78.3 Å². The van der Waals surface area contributed by atoms with Crippen LogP contribution in [0.2, 0.25) is 5.02 Å². The number of carbonyl (C=O) groups is 1. The largest absolute Gasteiger partial charge is 0.507 e. The van der Waals surface area contributed by atoms with Crippen LogP contribution in [0, 0.1) is 0 Å². The van der Waals surface area contributed by atoms with Crippen LogP contribution >= 0.6 is 11.6 Å². The van der Waals surface area contributed by atoms with Crippen LogP contribution in [-0.2, 0) is 11.3 Å². The van der Waals surface area contributed by atoms with E-state index in [-0.39, 0.29) is 5.75 Å². The summed E-state index contributed by atoms with van der Waals surface area (Å²) in [6.07, 6.45) is 0. The second-order valence-corrected chi connectivity index (χ2v) is 9.68. The van der Waals surface area contributed by atoms with E-state index in [2.05, 4.69) is 47.0 Å². The molecular formula is C33H24ClNO3. The molecule has 0 fully saturated rings. The van der Waals surface area contributed by atoms with Gasteiger partial charge in [-0.2, -0.15) is 0 Å². The molecule has 5 aromatic carbocycles. The molecule has 0 aliphatic carbocycles. The molecule has 0 saturated carbocycles. The molecule has 6 aromatic rings. The molecule has 38 heavy (non-hydrogen) atoms. The molecule has 0 bridgehead atoms. The maximum Gasteiger partial charge on any atom is 0.338 e. The van der Waals surface area contributed by atoms with Gasteiger partial charge in [0.15, 0.2) is 0 Å². The number of phenols is 1. The first-order valence-electron chi connectivity index (χ1n) is 12.3. The molecule has 0 aliphatic rings. The molecule has 1 aromatic heterocycles. The first-order valence-corrected chi connectivity index (χ1v) is 12.7. The van der Waals surface area contributed by atoms with Gasteiger partial charge in [0.05, 0.1) is 29.1 Å². The second kappa shape index (κ2) is 9.73. The molecule has 0 spiro atoms. The van der Waals surface area contributed by atoms with Crippen LogP contribution in [0.25, 0.3) is 44.1 Å². The minimum Gasteiger partial charge on any atom is -0.507 e. The SMILES string of the molecule is COC(=O)c1cccc2c1c1c(O)cc(-c3ccc(Cl)cc3)cc1n2Cc1cccc(-c2ccccc2)c1. The zero-order chi connectivity index (χ0) is 26.2. The van der Waals surface area contributed by atoms with Crippen molar-refractivity contribution in [1.29, 1.82) is 0 Å². The Kier molecular flexibility index (Phi) is 6.10. The van der Waals surface area contributed by atoms with Gasteiger partial charge in [0, 0.05) is 17.0 Å². The van der Waals surface area contributed by atoms with E-state index in [1.54, 1.807) is 12.1 Å². The average molecular weight is 518 g/mol. The van der Waals surface area contributed by atoms with E-state index in [1.165, 1.54) is 7.11 Å². The topological polar surface area (TPSA) is 51.5 Å². The van der Waals surface area contributed by atoms with Gasteiger partial charge in [0.25, 0.3) is 0 Å². The minimum absolute atomic E-state index is 0.102. The van der Waals surface area contributed by atoms with Gasteiger partial charge in [-0.05, 0) is 70.3 Å². The lowest BCUT2D eigenvalue weighted by Crippen LogP contribution is -2.03. The maximum absolute atomic E-state index is 12.7. The summed E-state index contributed by atoms with van der Waals surface area (Å²) in [5.41, 5.74) is 7.25. The number of halogens is 1. The van der Waals surface area contributed by atoms with E-state index in [0.29, 0.717) is 27.9 Å². The van der Waals surface area contributed by atoms with Gasteiger partial charge in [-0.25, -0.2) is 4.79 Å². The number of phenolic OH excluding ortho intramolecular Hbond substituents is 1. The molecule has 0 atom stereocenters. The number of nitrogens with zero attached hydrogens (tertiary/aromatic N) is 1. The van der Waals surface area contributed by atoms with Crippen LogP contribution in [0.1, 0.15) is 15.9 Å². The van der Waals surface area contributed by atoms with Gasteiger partial charge in [0.2, 0.25) is 0 Å². The number of carbonyl (C=O) groups excluding carboxylic acids is 1. The Morgan fingerprint density at radius 2 is 1.45 bits per heavy atom. The third-order valence-electron chi connectivity index (χ3n) is 6.93. The number of hydrogen-bond acceptors (Lipinski definition) is 3. The average Bonchev–Trinajstić information content (AvgIpc) is 3.27. The lowest BCUT2D eigenvalue weighted by Gasteiger charge is -2.11. The highest BCUT2D eigenvalue weighted by molar-refractivity contribution is 6.30. The van der Waals surface area contributed by atoms with Crippen molar-refractivity contribution in [3.05, 3.63) is 125 Å². The summed E-state index contributed by atoms with van der Waals surface area (Å²) in [4.78, 5) is 12.7. The number of esters is 1. The van der Waals surface area contributed by atoms with E-state index in [4.69, 9.17) is 16.3 Å². The van der Waals surface area contributed by atoms with E-state index in [0.717, 1.165) is 38.9 Å². The predicted molar refractivity (Wildman–Crippen MR) is 154 cm³/mol. The maximum atomic E-state index is 12.7. The Balaban J connectivity index is 1.59. The minimum atomic E-state index is -0.443. The fourth-order valence-corrected chi connectivity index (χ4v) is 5.29. The molecule has 5 heteroatoms. The highest BCUT2D eigenvalue weighted by Crippen LogP contribution is 2.41. The third kappa shape index (κ3) is 4.19. The van der Waals surface area contributed by atoms with Crippen molar-refractivity contribution >= 4 is 39.4 Å². The Morgan fingerprint density at radius 1 is 0.737 bits per heavy atom. The predicted octanol–water partition coefficient (Wildman–Crippen LogP) is 8.32. The van der Waals surface area contributed by atoms with Crippen molar-refractivity contribution in [2.75, 3.05) is 7.11 Å². The van der Waals surface area contributed by atoms with Gasteiger partial charge >= 0.3 is 5.97 Å². The lowest BCUT2D eigenvalue weighted by molar-refractivity contribution is 0.0603. The van der Waals surface area contributed by atoms with Gasteiger partial charge in [-0.3, -0.25) is 0 Å². The van der Waals surface area contributed by atoms with Gasteiger partial charge in [0.1, 0.15) is 5.75 Å². The van der Waals surface area contributed by atoms with Crippen molar-refractivity contribution < 1.29 is 14.6 Å². The Bertz CT molecular complexity index is 1800. The number of hydrogen-bond donors (Lipinski definition) is 1. The van der Waals surface area contributed by atoms with E-state index < -0.39 is 5.97 Å². The summed E-state index contributed by atoms with van der Waals surface area (Å²) in [5.74, 6) is -0.340. The Morgan fingerprint density at radius 3 is 2.21 bits per heavy atom. The number of methoxy groups -OCH3 is 1. The molecule has 0 aliphatic heterocycles. The summed E-state index contributed by atoms with van der Waals surface area (Å²) < 4.78 is 7.24. The summed E-state index contributed by atoms with van der Waals surface area (Å²) in [6, 6.07) is 35.6. The van der Waals surface area contributed by atoms with Crippen molar-refractivity contribution in [2.45, 2.75) is 6.54 Å². The molecule has 4 nitrogen and oxygen atoms in total. The lowest BCUT2D eigenvalue weighted by atomic mass is 10.0. The third-order valence-corrected chi connectivity index (χ3v) is 7.18. The molecule has 0 radical (unpaired) electrons. The molecule has 186 valence electrons. The summed E-state index contributed by atoms with van der Waals surface area (Å²) in [6.45, 7) is 0.550. The zero-order valence-electron chi connectivity index (χ0n) is 20.7. The first-order chi connectivity index (χ1) is 18.5. The van der Waals surface area contributed by atoms with E-state index in [1.807, 2.05) is 54.6 Å². The number of aromatic nitrogens is 1. The van der Waals surface area contributed by atoms with E-state index >= 15 is 0 Å². The Hall–Kier alpha value is -4.54. The number of aromatic hydroxyl groups is 1. The molecule has 6 rings (SSSR count). The van der Waals surface area contributed by atoms with Crippen LogP contribution in [0.3, 0.4) is 0 Å². The Labute approximate surface area is 225 Å². The van der Waals surface area contributed by atoms with Crippen molar-refractivity contribution in [2.24, 2.45) is 0 Å². The number of benzene rings is 5. The van der Waals surface area contributed by atoms with Crippen LogP contribution in [0.5, 0.6) is 5.75 Å². The standard InChI is InChI=1S/C33H24ClNO3/c1-38-33(37)27-11-6-12-28-31(27)32-29(18-25(19-30(32)36)23-13-15-26(34)16-14-23)35(28)20-21-7-5-10-24(17-21)22-8-3-2-4-9-22/h2-19,36H,20H2,1H3. The summed E-state index contributed by atoms with van der Waals surface area (Å²) in [7, 11) is 1.37. The zero-order valence-corrected chi connectivity index (χ0v) is 21.4. The normalized spacial score (nSPS) is 11.2. The van der Waals surface area contributed by atoms with Gasteiger partial charge in [-0.15, -0.1) is 0 Å². The smallest absolute Gasteiger partial charge is 0.338 e. The van der Waals surface area contributed by atoms with Crippen molar-refractivity contribution in [3.63, 3.8) is 0 Å². The molecule has 0 unspecified atom stereocenters. The highest BCUT2D eigenvalue weighted by Gasteiger charge is 2.21. The molecule has 0 saturated heterocycles. The van der Waals surface area contributed by atoms with Crippen LogP contribution in [0.15, 0.2) is 109 Å². The fourth-order valence-electron chi connectivity index (χ4n) is 5.16. The quantitative estimate of drug-likeness (QED) is 0.234. The first kappa shape index (κ1) is 23.8. The molecular weight excluding hydrogens is 494 g/mol. The van der Waals surface area contributed by atoms with Crippen molar-refractivity contribution in [1.82, 2.24) is 4.57 Å². The molecule has 1 N–H and O–H groups in total. The monoisotopic (exact) mass is 517 g/mol. The summed E-state index contributed by atoms with van der Waals surface area (Å²) >= 11 is 6.11. The highest BCUT2D eigenvalue weighted by atomic mass is 35.5. The number of rotatable bonds is 5. The number of ether oxygens (including phenoxy) is 1. The van der Waals surface area contributed by atoms with Gasteiger partial charge < -0.3 is 14.4 Å². The molecule has 0 amide bonds. The van der Waals surface area contributed by atoms with Crippen LogP contribution < -0.4 is 0 Å².